The number of furan rings is 2. The van der Waals surface area contributed by atoms with Gasteiger partial charge >= 0.3 is 0 Å². The Hall–Kier alpha value is -1.69. The van der Waals surface area contributed by atoms with E-state index in [4.69, 9.17) is 8.83 Å². The van der Waals surface area contributed by atoms with Gasteiger partial charge in [0.25, 0.3) is 11.2 Å². The van der Waals surface area contributed by atoms with Crippen molar-refractivity contribution in [2.75, 3.05) is 38.7 Å². The summed E-state index contributed by atoms with van der Waals surface area (Å²) in [5.74, 6) is 6.60. The van der Waals surface area contributed by atoms with Gasteiger partial charge in [0.15, 0.2) is 11.7 Å². The van der Waals surface area contributed by atoms with E-state index in [1.165, 1.54) is 5.56 Å². The van der Waals surface area contributed by atoms with Crippen LogP contribution in [-0.4, -0.2) is 59.5 Å². The summed E-state index contributed by atoms with van der Waals surface area (Å²) in [5.41, 5.74) is 1.17. The predicted molar refractivity (Wildman–Crippen MR) is 126 cm³/mol. The van der Waals surface area contributed by atoms with Gasteiger partial charge in [-0.15, -0.1) is 8.80 Å². The minimum absolute atomic E-state index is 0.569. The van der Waals surface area contributed by atoms with Crippen LogP contribution in [0.3, 0.4) is 0 Å². The van der Waals surface area contributed by atoms with E-state index in [1.54, 1.807) is 36.1 Å². The Labute approximate surface area is 188 Å². The molecule has 3 rings (SSSR count). The maximum Gasteiger partial charge on any atom is 0.269 e. The molecule has 0 spiro atoms. The second-order valence-electron chi connectivity index (χ2n) is 6.81. The molecule has 164 valence electrons. The lowest BCUT2D eigenvalue weighted by Crippen LogP contribution is -2.40. The van der Waals surface area contributed by atoms with Crippen molar-refractivity contribution >= 4 is 46.4 Å². The smallest absolute Gasteiger partial charge is 0.269 e. The van der Waals surface area contributed by atoms with Crippen molar-refractivity contribution in [3.63, 3.8) is 0 Å². The van der Waals surface area contributed by atoms with Crippen LogP contribution < -0.4 is 10.6 Å². The van der Waals surface area contributed by atoms with Crippen LogP contribution in [-0.2, 0) is 29.2 Å². The van der Waals surface area contributed by atoms with E-state index in [2.05, 4.69) is 24.3 Å². The molecule has 0 bridgehead atoms. The second kappa shape index (κ2) is 12.2. The van der Waals surface area contributed by atoms with Crippen LogP contribution >= 0.6 is 23.5 Å². The van der Waals surface area contributed by atoms with E-state index < -0.39 is 11.2 Å². The second-order valence-corrected chi connectivity index (χ2v) is 9.84. The third-order valence-electron chi connectivity index (χ3n) is 3.92. The highest BCUT2D eigenvalue weighted by Crippen LogP contribution is 2.16. The van der Waals surface area contributed by atoms with Gasteiger partial charge in [0.05, 0.1) is 24.8 Å². The van der Waals surface area contributed by atoms with E-state index in [-0.39, 0.29) is 0 Å². The van der Waals surface area contributed by atoms with Crippen molar-refractivity contribution in [2.24, 2.45) is 8.80 Å². The first-order chi connectivity index (χ1) is 14.6. The van der Waals surface area contributed by atoms with Crippen molar-refractivity contribution in [3.05, 3.63) is 47.8 Å². The van der Waals surface area contributed by atoms with Crippen LogP contribution in [0.4, 0.5) is 0 Å². The number of thioether (sulfide) groups is 2. The predicted octanol–water partition coefficient (Wildman–Crippen LogP) is 2.67. The molecule has 1 atom stereocenters. The Bertz CT molecular complexity index is 865. The zero-order valence-corrected chi connectivity index (χ0v) is 19.6. The summed E-state index contributed by atoms with van der Waals surface area (Å²) in [4.78, 5) is 2.08. The molecule has 0 amide bonds. The maximum absolute atomic E-state index is 11.7. The zero-order chi connectivity index (χ0) is 21.2. The van der Waals surface area contributed by atoms with Crippen molar-refractivity contribution in [2.45, 2.75) is 18.1 Å². The van der Waals surface area contributed by atoms with Gasteiger partial charge in [-0.2, -0.15) is 23.5 Å². The molecule has 1 unspecified atom stereocenters. The monoisotopic (exact) mass is 469 g/mol. The van der Waals surface area contributed by atoms with E-state index in [0.717, 1.165) is 47.6 Å². The fourth-order valence-corrected chi connectivity index (χ4v) is 4.81. The van der Waals surface area contributed by atoms with E-state index in [0.29, 0.717) is 18.2 Å². The third kappa shape index (κ3) is 7.86. The van der Waals surface area contributed by atoms with Gasteiger partial charge in [0, 0.05) is 35.9 Å². The first-order valence-electron chi connectivity index (χ1n) is 9.56. The molecule has 2 aromatic heterocycles. The number of hydrogen-bond acceptors (Lipinski definition) is 8. The number of rotatable bonds is 12. The molecule has 1 aliphatic rings. The highest BCUT2D eigenvalue weighted by molar-refractivity contribution is 7.98. The Morgan fingerprint density at radius 1 is 1.00 bits per heavy atom. The van der Waals surface area contributed by atoms with E-state index in [9.17, 15) is 4.21 Å². The third-order valence-corrected chi connectivity index (χ3v) is 6.61. The molecule has 2 aromatic rings. The number of nitrogens with zero attached hydrogens (tertiary/aromatic N) is 3. The van der Waals surface area contributed by atoms with Gasteiger partial charge in [0.1, 0.15) is 11.5 Å². The van der Waals surface area contributed by atoms with Crippen molar-refractivity contribution < 1.29 is 13.0 Å². The molecule has 1 aliphatic heterocycles. The minimum Gasteiger partial charge on any atom is -0.472 e. The first-order valence-corrected chi connectivity index (χ1v) is 12.9. The van der Waals surface area contributed by atoms with Gasteiger partial charge in [-0.3, -0.25) is 0 Å². The Morgan fingerprint density at radius 3 is 2.30 bits per heavy atom. The van der Waals surface area contributed by atoms with Gasteiger partial charge in [-0.25, -0.2) is 4.21 Å². The fraction of sp³-hybridized carbons (Fsp3) is 0.474. The fourth-order valence-electron chi connectivity index (χ4n) is 2.61. The topological polar surface area (TPSA) is 95.4 Å². The summed E-state index contributed by atoms with van der Waals surface area (Å²) in [5, 5.41) is 6.45. The molecule has 0 aliphatic carbocycles. The molecule has 0 saturated heterocycles. The average molecular weight is 470 g/mol. The summed E-state index contributed by atoms with van der Waals surface area (Å²) in [6.45, 7) is 2.24. The highest BCUT2D eigenvalue weighted by Gasteiger charge is 2.18. The van der Waals surface area contributed by atoms with Gasteiger partial charge in [-0.05, 0) is 32.3 Å². The molecule has 3 heterocycles. The van der Waals surface area contributed by atoms with Gasteiger partial charge in [-0.1, -0.05) is 0 Å². The molecule has 30 heavy (non-hydrogen) atoms. The molecule has 0 saturated carbocycles. The van der Waals surface area contributed by atoms with Crippen molar-refractivity contribution in [1.82, 2.24) is 15.5 Å². The quantitative estimate of drug-likeness (QED) is 0.458. The van der Waals surface area contributed by atoms with Crippen molar-refractivity contribution in [3.8, 4) is 0 Å². The zero-order valence-electron chi connectivity index (χ0n) is 17.1. The van der Waals surface area contributed by atoms with Crippen LogP contribution in [0.2, 0.25) is 0 Å². The molecule has 0 fully saturated rings. The lowest BCUT2D eigenvalue weighted by molar-refractivity contribution is 0.344. The van der Waals surface area contributed by atoms with Crippen LogP contribution in [0.1, 0.15) is 17.1 Å². The summed E-state index contributed by atoms with van der Waals surface area (Å²) in [6, 6.07) is 6.02. The molecule has 0 radical (unpaired) electrons. The van der Waals surface area contributed by atoms with Crippen molar-refractivity contribution in [1.29, 1.82) is 0 Å². The summed E-state index contributed by atoms with van der Waals surface area (Å²) < 4.78 is 30.7. The lowest BCUT2D eigenvalue weighted by atomic mass is 10.4. The summed E-state index contributed by atoms with van der Waals surface area (Å²) >= 11 is 2.02. The molecule has 8 nitrogen and oxygen atoms in total. The Balaban J connectivity index is 1.29. The van der Waals surface area contributed by atoms with E-state index in [1.807, 2.05) is 32.3 Å². The molecular weight excluding hydrogens is 442 g/mol. The summed E-state index contributed by atoms with van der Waals surface area (Å²) in [6.07, 6.45) is 3.44. The minimum atomic E-state index is -1.55. The van der Waals surface area contributed by atoms with Gasteiger partial charge in [0.2, 0.25) is 0 Å². The highest BCUT2D eigenvalue weighted by atomic mass is 32.2. The number of nitrogens with one attached hydrogen (secondary N) is 2. The average Bonchev–Trinajstić information content (AvgIpc) is 3.43. The van der Waals surface area contributed by atoms with E-state index >= 15 is 0 Å². The molecule has 0 aromatic carbocycles. The van der Waals surface area contributed by atoms with Crippen LogP contribution in [0.25, 0.3) is 0 Å². The van der Waals surface area contributed by atoms with Crippen LogP contribution in [0, 0.1) is 0 Å². The normalized spacial score (nSPS) is 16.0. The first kappa shape index (κ1) is 23.0. The Morgan fingerprint density at radius 2 is 1.67 bits per heavy atom. The van der Waals surface area contributed by atoms with Crippen LogP contribution in [0.15, 0.2) is 48.4 Å². The largest absolute Gasteiger partial charge is 0.472 e. The SMILES string of the molecule is CN(C)Cc1ccc(CSCCNC2=NS(=O)N=C2NCCSCc2ccoc2)o1. The Kier molecular flexibility index (Phi) is 9.37. The maximum atomic E-state index is 11.7. The van der Waals surface area contributed by atoms with Crippen LogP contribution in [0.5, 0.6) is 0 Å². The molecule has 2 N–H and O–H groups in total. The lowest BCUT2D eigenvalue weighted by Gasteiger charge is -2.09. The number of amidine groups is 2. The summed E-state index contributed by atoms with van der Waals surface area (Å²) in [7, 11) is 4.04. The molecular formula is C19H27N5O3S3. The van der Waals surface area contributed by atoms with Gasteiger partial charge < -0.3 is 24.4 Å². The molecule has 11 heteroatoms. The number of hydrogen-bond donors (Lipinski definition) is 2. The standard InChI is InChI=1S/C19H27N5O3S3/c1-24(2)11-16-3-4-17(27-16)14-29-10-7-21-19-18(22-30(25)23-19)20-6-9-28-13-15-5-8-26-12-15/h3-5,8,12H,6-7,9-11,13-14H2,1-2H3,(H,20,22)(H,21,23).